The summed E-state index contributed by atoms with van der Waals surface area (Å²) in [5.74, 6) is 1.53. The average Bonchev–Trinajstić information content (AvgIpc) is 3.33. The highest BCUT2D eigenvalue weighted by Crippen LogP contribution is 2.19. The third kappa shape index (κ3) is 6.43. The lowest BCUT2D eigenvalue weighted by molar-refractivity contribution is 0.412. The zero-order chi connectivity index (χ0) is 20.0. The summed E-state index contributed by atoms with van der Waals surface area (Å²) < 4.78 is 33.0. The van der Waals surface area contributed by atoms with Gasteiger partial charge in [-0.15, -0.1) is 35.3 Å². The van der Waals surface area contributed by atoms with Crippen LogP contribution >= 0.6 is 35.3 Å². The number of nitrogens with one attached hydrogen (secondary N) is 2. The molecule has 158 valence electrons. The summed E-state index contributed by atoms with van der Waals surface area (Å²) in [7, 11) is -1.54. The Kier molecular flexibility index (Phi) is 8.93. The van der Waals surface area contributed by atoms with E-state index in [-0.39, 0.29) is 30.5 Å². The molecule has 2 N–H and O–H groups in total. The van der Waals surface area contributed by atoms with Gasteiger partial charge in [-0.2, -0.15) is 0 Å². The van der Waals surface area contributed by atoms with Crippen LogP contribution < -0.4 is 10.0 Å². The van der Waals surface area contributed by atoms with Gasteiger partial charge in [0.25, 0.3) is 0 Å². The molecule has 3 rings (SSSR count). The quantitative estimate of drug-likeness (QED) is 0.195. The zero-order valence-electron chi connectivity index (χ0n) is 16.3. The first kappa shape index (κ1) is 23.6. The van der Waals surface area contributed by atoms with Crippen LogP contribution in [0, 0.1) is 0 Å². The van der Waals surface area contributed by atoms with Crippen LogP contribution in [0.3, 0.4) is 0 Å². The van der Waals surface area contributed by atoms with Crippen molar-refractivity contribution in [3.8, 4) is 0 Å². The van der Waals surface area contributed by atoms with Crippen LogP contribution in [0.1, 0.15) is 12.7 Å². The molecule has 7 nitrogen and oxygen atoms in total. The Bertz CT molecular complexity index is 1000. The minimum absolute atomic E-state index is 0. The first-order chi connectivity index (χ1) is 13.5. The number of fused-ring (bicyclic) bond motifs is 1. The second kappa shape index (κ2) is 11.0. The Labute approximate surface area is 192 Å². The minimum Gasteiger partial charge on any atom is -0.459 e. The van der Waals surface area contributed by atoms with Crippen molar-refractivity contribution in [1.29, 1.82) is 0 Å². The molecule has 0 radical (unpaired) electrons. The topological polar surface area (TPSA) is 86.9 Å². The summed E-state index contributed by atoms with van der Waals surface area (Å²) in [5.41, 5.74) is 0.857. The van der Waals surface area contributed by atoms with E-state index in [4.69, 9.17) is 4.42 Å². The van der Waals surface area contributed by atoms with Crippen LogP contribution in [-0.4, -0.2) is 46.0 Å². The molecule has 0 amide bonds. The lowest BCUT2D eigenvalue weighted by Gasteiger charge is -2.21. The first-order valence-corrected chi connectivity index (χ1v) is 11.4. The van der Waals surface area contributed by atoms with Crippen molar-refractivity contribution in [2.24, 2.45) is 4.99 Å². The van der Waals surface area contributed by atoms with Crippen molar-refractivity contribution in [2.75, 3.05) is 26.7 Å². The van der Waals surface area contributed by atoms with Crippen molar-refractivity contribution in [1.82, 2.24) is 14.9 Å². The molecular formula is C19H25IN4O3S2. The monoisotopic (exact) mass is 548 g/mol. The maximum atomic E-state index is 12.1. The number of thiophene rings is 1. The van der Waals surface area contributed by atoms with Gasteiger partial charge in [0, 0.05) is 25.5 Å². The second-order valence-electron chi connectivity index (χ2n) is 6.17. The van der Waals surface area contributed by atoms with Crippen LogP contribution in [0.15, 0.2) is 61.5 Å². The van der Waals surface area contributed by atoms with E-state index in [2.05, 4.69) is 15.0 Å². The Morgan fingerprint density at radius 1 is 1.24 bits per heavy atom. The Morgan fingerprint density at radius 3 is 2.72 bits per heavy atom. The summed E-state index contributed by atoms with van der Waals surface area (Å²) in [6.45, 7) is 3.82. The smallest absolute Gasteiger partial charge is 0.250 e. The number of halogens is 1. The maximum absolute atomic E-state index is 12.1. The van der Waals surface area contributed by atoms with Crippen LogP contribution in [-0.2, 0) is 16.6 Å². The summed E-state index contributed by atoms with van der Waals surface area (Å²) in [6, 6.07) is 13.2. The van der Waals surface area contributed by atoms with Gasteiger partial charge in [0.2, 0.25) is 10.0 Å². The highest BCUT2D eigenvalue weighted by Gasteiger charge is 2.14. The standard InChI is InChI=1S/C19H24N4O3S2.HI/c1-3-20-19(21-10-11-22-28(24,25)18-9-6-12-27-18)23(2)14-16-13-15-7-4-5-8-17(15)26-16;/h4-9,12-13,22H,3,10-11,14H2,1-2H3,(H,20,21);1H. The van der Waals surface area contributed by atoms with E-state index in [1.54, 1.807) is 17.5 Å². The molecule has 29 heavy (non-hydrogen) atoms. The van der Waals surface area contributed by atoms with E-state index in [0.717, 1.165) is 16.7 Å². The van der Waals surface area contributed by atoms with Crippen molar-refractivity contribution in [3.05, 3.63) is 53.6 Å². The minimum atomic E-state index is -3.46. The number of rotatable bonds is 8. The van der Waals surface area contributed by atoms with Gasteiger partial charge in [-0.1, -0.05) is 24.3 Å². The first-order valence-electron chi connectivity index (χ1n) is 8.99. The Morgan fingerprint density at radius 2 is 2.03 bits per heavy atom. The van der Waals surface area contributed by atoms with Crippen molar-refractivity contribution in [2.45, 2.75) is 17.7 Å². The highest BCUT2D eigenvalue weighted by molar-refractivity contribution is 14.0. The van der Waals surface area contributed by atoms with Crippen molar-refractivity contribution >= 4 is 62.3 Å². The molecule has 0 bridgehead atoms. The normalized spacial score (nSPS) is 12.0. The number of hydrogen-bond acceptors (Lipinski definition) is 5. The number of furan rings is 1. The number of hydrogen-bond donors (Lipinski definition) is 2. The van der Waals surface area contributed by atoms with Gasteiger partial charge in [-0.3, -0.25) is 4.99 Å². The fourth-order valence-corrected chi connectivity index (χ4v) is 4.78. The largest absolute Gasteiger partial charge is 0.459 e. The molecule has 0 aliphatic heterocycles. The third-order valence-corrected chi connectivity index (χ3v) is 6.85. The summed E-state index contributed by atoms with van der Waals surface area (Å²) in [6.07, 6.45) is 0. The number of guanidine groups is 1. The number of benzene rings is 1. The predicted octanol–water partition coefficient (Wildman–Crippen LogP) is 3.49. The van der Waals surface area contributed by atoms with E-state index in [9.17, 15) is 8.42 Å². The van der Waals surface area contributed by atoms with E-state index in [0.29, 0.717) is 29.8 Å². The molecule has 2 aromatic heterocycles. The Hall–Kier alpha value is -1.63. The summed E-state index contributed by atoms with van der Waals surface area (Å²) in [4.78, 5) is 6.47. The van der Waals surface area contributed by atoms with Crippen LogP contribution in [0.4, 0.5) is 0 Å². The predicted molar refractivity (Wildman–Crippen MR) is 129 cm³/mol. The van der Waals surface area contributed by atoms with Crippen LogP contribution in [0.2, 0.25) is 0 Å². The molecule has 0 saturated carbocycles. The number of sulfonamides is 1. The fourth-order valence-electron chi connectivity index (χ4n) is 2.72. The molecular weight excluding hydrogens is 523 g/mol. The molecule has 0 atom stereocenters. The summed E-state index contributed by atoms with van der Waals surface area (Å²) in [5, 5.41) is 6.03. The van der Waals surface area contributed by atoms with Gasteiger partial charge in [0.1, 0.15) is 15.6 Å². The molecule has 0 fully saturated rings. The van der Waals surface area contributed by atoms with Crippen molar-refractivity contribution < 1.29 is 12.8 Å². The molecule has 0 saturated heterocycles. The third-order valence-electron chi connectivity index (χ3n) is 3.99. The molecule has 0 unspecified atom stereocenters. The average molecular weight is 548 g/mol. The van der Waals surface area contributed by atoms with E-state index < -0.39 is 10.0 Å². The SMILES string of the molecule is CCNC(=NCCNS(=O)(=O)c1cccs1)N(C)Cc1cc2ccccc2o1.I. The number of aliphatic imine (C=N–C) groups is 1. The number of nitrogens with zero attached hydrogens (tertiary/aromatic N) is 2. The van der Waals surface area contributed by atoms with Crippen molar-refractivity contribution in [3.63, 3.8) is 0 Å². The van der Waals surface area contributed by atoms with Gasteiger partial charge in [-0.25, -0.2) is 13.1 Å². The molecule has 0 spiro atoms. The molecule has 3 aromatic rings. The van der Waals surface area contributed by atoms with E-state index in [1.165, 1.54) is 11.3 Å². The van der Waals surface area contributed by atoms with Gasteiger partial charge in [-0.05, 0) is 30.5 Å². The van der Waals surface area contributed by atoms with E-state index >= 15 is 0 Å². The van der Waals surface area contributed by atoms with Crippen LogP contribution in [0.5, 0.6) is 0 Å². The lowest BCUT2D eigenvalue weighted by Crippen LogP contribution is -2.39. The molecule has 1 aromatic carbocycles. The van der Waals surface area contributed by atoms with Gasteiger partial charge in [0.05, 0.1) is 13.1 Å². The maximum Gasteiger partial charge on any atom is 0.250 e. The van der Waals surface area contributed by atoms with E-state index in [1.807, 2.05) is 49.2 Å². The fraction of sp³-hybridized carbons (Fsp3) is 0.316. The zero-order valence-corrected chi connectivity index (χ0v) is 20.3. The highest BCUT2D eigenvalue weighted by atomic mass is 127. The molecule has 10 heteroatoms. The second-order valence-corrected chi connectivity index (χ2v) is 9.11. The molecule has 2 heterocycles. The molecule has 0 aliphatic rings. The Balaban J connectivity index is 0.00000300. The molecule has 0 aliphatic carbocycles. The lowest BCUT2D eigenvalue weighted by atomic mass is 10.2. The van der Waals surface area contributed by atoms with Gasteiger partial charge >= 0.3 is 0 Å². The summed E-state index contributed by atoms with van der Waals surface area (Å²) >= 11 is 1.19. The van der Waals surface area contributed by atoms with Crippen LogP contribution in [0.25, 0.3) is 11.0 Å². The van der Waals surface area contributed by atoms with Gasteiger partial charge in [0.15, 0.2) is 5.96 Å². The van der Waals surface area contributed by atoms with Gasteiger partial charge < -0.3 is 14.6 Å². The number of para-hydroxylation sites is 1.